The Morgan fingerprint density at radius 2 is 2.19 bits per heavy atom. The maximum Gasteiger partial charge on any atom is 0.325 e. The average molecular weight is 227 g/mol. The molecule has 0 radical (unpaired) electrons. The molecule has 0 aromatic heterocycles. The van der Waals surface area contributed by atoms with Gasteiger partial charge in [0.05, 0.1) is 7.11 Å². The van der Waals surface area contributed by atoms with Gasteiger partial charge in [-0.2, -0.15) is 0 Å². The minimum atomic E-state index is -0.874. The summed E-state index contributed by atoms with van der Waals surface area (Å²) < 4.78 is 17.5. The molecule has 86 valence electrons. The zero-order chi connectivity index (χ0) is 12.1. The molecule has 1 amide bonds. The highest BCUT2D eigenvalue weighted by Crippen LogP contribution is 2.19. The van der Waals surface area contributed by atoms with Gasteiger partial charge in [0, 0.05) is 0 Å². The summed E-state index contributed by atoms with van der Waals surface area (Å²) in [6.07, 6.45) is 0. The van der Waals surface area contributed by atoms with Gasteiger partial charge in [0.25, 0.3) is 5.91 Å². The molecule has 0 saturated carbocycles. The summed E-state index contributed by atoms with van der Waals surface area (Å²) in [4.78, 5) is 22.1. The zero-order valence-corrected chi connectivity index (χ0v) is 8.49. The Morgan fingerprint density at radius 1 is 1.50 bits per heavy atom. The third kappa shape index (κ3) is 2.69. The third-order valence-corrected chi connectivity index (χ3v) is 1.84. The van der Waals surface area contributed by atoms with Gasteiger partial charge >= 0.3 is 5.97 Å². The summed E-state index contributed by atoms with van der Waals surface area (Å²) in [5, 5.41) is 11.4. The molecule has 0 heterocycles. The fraction of sp³-hybridized carbons (Fsp3) is 0.200. The second-order valence-electron chi connectivity index (χ2n) is 2.89. The minimum absolute atomic E-state index is 0.386. The summed E-state index contributed by atoms with van der Waals surface area (Å²) in [5.41, 5.74) is -0.494. The van der Waals surface area contributed by atoms with Crippen LogP contribution in [0.3, 0.4) is 0 Å². The van der Waals surface area contributed by atoms with Crippen LogP contribution in [0.1, 0.15) is 10.4 Å². The van der Waals surface area contributed by atoms with Crippen LogP contribution in [-0.4, -0.2) is 30.6 Å². The second kappa shape index (κ2) is 5.11. The number of aromatic hydroxyl groups is 1. The normalized spacial score (nSPS) is 9.62. The predicted molar refractivity (Wildman–Crippen MR) is 52.4 cm³/mol. The van der Waals surface area contributed by atoms with Crippen molar-refractivity contribution in [1.82, 2.24) is 5.32 Å². The standard InChI is InChI=1S/C10H10FNO4/c1-16-8(14)5-12-10(15)9-6(11)3-2-4-7(9)13/h2-4,13H,5H2,1H3,(H,12,15). The molecule has 16 heavy (non-hydrogen) atoms. The highest BCUT2D eigenvalue weighted by molar-refractivity contribution is 5.98. The van der Waals surface area contributed by atoms with E-state index in [-0.39, 0.29) is 6.54 Å². The molecule has 0 aliphatic heterocycles. The van der Waals surface area contributed by atoms with Crippen LogP contribution < -0.4 is 5.32 Å². The van der Waals surface area contributed by atoms with E-state index >= 15 is 0 Å². The lowest BCUT2D eigenvalue weighted by Crippen LogP contribution is -2.30. The van der Waals surface area contributed by atoms with Crippen LogP contribution in [-0.2, 0) is 9.53 Å². The number of hydrogen-bond donors (Lipinski definition) is 2. The molecule has 6 heteroatoms. The van der Waals surface area contributed by atoms with Crippen molar-refractivity contribution in [1.29, 1.82) is 0 Å². The highest BCUT2D eigenvalue weighted by Gasteiger charge is 2.16. The van der Waals surface area contributed by atoms with Crippen molar-refractivity contribution >= 4 is 11.9 Å². The largest absolute Gasteiger partial charge is 0.507 e. The van der Waals surface area contributed by atoms with E-state index < -0.39 is 29.0 Å². The van der Waals surface area contributed by atoms with Crippen molar-refractivity contribution in [2.75, 3.05) is 13.7 Å². The van der Waals surface area contributed by atoms with E-state index in [2.05, 4.69) is 10.1 Å². The summed E-state index contributed by atoms with van der Waals surface area (Å²) in [6.45, 7) is -0.386. The lowest BCUT2D eigenvalue weighted by atomic mass is 10.2. The third-order valence-electron chi connectivity index (χ3n) is 1.84. The van der Waals surface area contributed by atoms with E-state index in [1.54, 1.807) is 0 Å². The Kier molecular flexibility index (Phi) is 3.82. The Hall–Kier alpha value is -2.11. The number of carbonyl (C=O) groups is 2. The molecule has 0 spiro atoms. The van der Waals surface area contributed by atoms with Gasteiger partial charge in [0.1, 0.15) is 23.7 Å². The molecule has 5 nitrogen and oxygen atoms in total. The number of esters is 1. The van der Waals surface area contributed by atoms with Crippen molar-refractivity contribution in [3.05, 3.63) is 29.6 Å². The Morgan fingerprint density at radius 3 is 2.75 bits per heavy atom. The number of phenols is 1. The second-order valence-corrected chi connectivity index (χ2v) is 2.89. The minimum Gasteiger partial charge on any atom is -0.507 e. The molecule has 2 N–H and O–H groups in total. The van der Waals surface area contributed by atoms with Gasteiger partial charge in [-0.15, -0.1) is 0 Å². The first kappa shape index (κ1) is 12.0. The van der Waals surface area contributed by atoms with Crippen LogP contribution in [0.15, 0.2) is 18.2 Å². The van der Waals surface area contributed by atoms with Crippen molar-refractivity contribution in [3.8, 4) is 5.75 Å². The Bertz CT molecular complexity index is 399. The first-order valence-electron chi connectivity index (χ1n) is 4.38. The van der Waals surface area contributed by atoms with E-state index in [0.717, 1.165) is 13.2 Å². The molecule has 1 aromatic carbocycles. The highest BCUT2D eigenvalue weighted by atomic mass is 19.1. The SMILES string of the molecule is COC(=O)CNC(=O)c1c(O)cccc1F. The number of rotatable bonds is 3. The van der Waals surface area contributed by atoms with Gasteiger partial charge in [0.2, 0.25) is 0 Å². The number of amides is 1. The van der Waals surface area contributed by atoms with Crippen molar-refractivity contribution in [2.24, 2.45) is 0 Å². The molecular weight excluding hydrogens is 217 g/mol. The van der Waals surface area contributed by atoms with Gasteiger partial charge < -0.3 is 15.2 Å². The van der Waals surface area contributed by atoms with Gasteiger partial charge in [-0.3, -0.25) is 9.59 Å². The fourth-order valence-electron chi connectivity index (χ4n) is 1.05. The quantitative estimate of drug-likeness (QED) is 0.734. The van der Waals surface area contributed by atoms with Crippen molar-refractivity contribution < 1.29 is 23.8 Å². The van der Waals surface area contributed by atoms with E-state index in [0.29, 0.717) is 0 Å². The summed E-state index contributed by atoms with van der Waals surface area (Å²) in [5.74, 6) is -2.88. The van der Waals surface area contributed by atoms with Crippen molar-refractivity contribution in [2.45, 2.75) is 0 Å². The number of nitrogens with one attached hydrogen (secondary N) is 1. The van der Waals surface area contributed by atoms with Gasteiger partial charge in [-0.25, -0.2) is 4.39 Å². The molecular formula is C10H10FNO4. The smallest absolute Gasteiger partial charge is 0.325 e. The molecule has 0 atom stereocenters. The topological polar surface area (TPSA) is 75.6 Å². The number of phenolic OH excluding ortho intramolecular Hbond substituents is 1. The molecule has 0 bridgehead atoms. The predicted octanol–water partition coefficient (Wildman–Crippen LogP) is 0.434. The maximum absolute atomic E-state index is 13.2. The van der Waals surface area contributed by atoms with Crippen LogP contribution >= 0.6 is 0 Å². The van der Waals surface area contributed by atoms with Gasteiger partial charge in [0.15, 0.2) is 0 Å². The van der Waals surface area contributed by atoms with E-state index in [9.17, 15) is 19.1 Å². The molecule has 0 aliphatic carbocycles. The number of ether oxygens (including phenoxy) is 1. The van der Waals surface area contributed by atoms with E-state index in [1.165, 1.54) is 12.1 Å². The number of hydrogen-bond acceptors (Lipinski definition) is 4. The number of halogens is 1. The molecule has 1 rings (SSSR count). The monoisotopic (exact) mass is 227 g/mol. The average Bonchev–Trinajstić information content (AvgIpc) is 2.25. The van der Waals surface area contributed by atoms with Crippen LogP contribution in [0, 0.1) is 5.82 Å². The maximum atomic E-state index is 13.2. The summed E-state index contributed by atoms with van der Waals surface area (Å²) in [6, 6.07) is 3.48. The summed E-state index contributed by atoms with van der Waals surface area (Å²) >= 11 is 0. The summed E-state index contributed by atoms with van der Waals surface area (Å²) in [7, 11) is 1.16. The van der Waals surface area contributed by atoms with Gasteiger partial charge in [-0.1, -0.05) is 6.07 Å². The molecule has 0 fully saturated rings. The molecule has 1 aromatic rings. The lowest BCUT2D eigenvalue weighted by Gasteiger charge is -2.06. The van der Waals surface area contributed by atoms with E-state index in [4.69, 9.17) is 0 Å². The van der Waals surface area contributed by atoms with Crippen LogP contribution in [0.4, 0.5) is 4.39 Å². The van der Waals surface area contributed by atoms with Crippen LogP contribution in [0.2, 0.25) is 0 Å². The molecule has 0 unspecified atom stereocenters. The molecule has 0 saturated heterocycles. The van der Waals surface area contributed by atoms with Crippen molar-refractivity contribution in [3.63, 3.8) is 0 Å². The van der Waals surface area contributed by atoms with E-state index in [1.807, 2.05) is 0 Å². The fourth-order valence-corrected chi connectivity index (χ4v) is 1.05. The van der Waals surface area contributed by atoms with Gasteiger partial charge in [-0.05, 0) is 12.1 Å². The molecule has 0 aliphatic rings. The number of methoxy groups -OCH3 is 1. The van der Waals surface area contributed by atoms with Crippen LogP contribution in [0.25, 0.3) is 0 Å². The number of benzene rings is 1. The lowest BCUT2D eigenvalue weighted by molar-refractivity contribution is -0.139. The number of carbonyl (C=O) groups excluding carboxylic acids is 2. The Balaban J connectivity index is 2.77. The Labute approximate surface area is 90.8 Å². The zero-order valence-electron chi connectivity index (χ0n) is 8.49. The first-order chi connectivity index (χ1) is 7.56. The first-order valence-corrected chi connectivity index (χ1v) is 4.38. The van der Waals surface area contributed by atoms with Crippen LogP contribution in [0.5, 0.6) is 5.75 Å².